The number of hydrogen-bond donors (Lipinski definition) is 1. The molecule has 6 heteroatoms. The first-order valence-electron chi connectivity index (χ1n) is 9.19. The van der Waals surface area contributed by atoms with Crippen molar-refractivity contribution >= 4 is 28.8 Å². The largest absolute Gasteiger partial charge is 0.486 e. The minimum absolute atomic E-state index is 0.121. The van der Waals surface area contributed by atoms with Gasteiger partial charge in [0.1, 0.15) is 13.2 Å². The fourth-order valence-corrected chi connectivity index (χ4v) is 4.17. The number of halogens is 1. The molecule has 0 aliphatic carbocycles. The molecule has 2 aromatic carbocycles. The maximum absolute atomic E-state index is 12.7. The van der Waals surface area contributed by atoms with Crippen molar-refractivity contribution in [2.75, 3.05) is 13.2 Å². The minimum Gasteiger partial charge on any atom is -0.486 e. The van der Waals surface area contributed by atoms with E-state index in [1.54, 1.807) is 12.1 Å². The summed E-state index contributed by atoms with van der Waals surface area (Å²) in [5.74, 6) is 1.35. The smallest absolute Gasteiger partial charge is 0.261 e. The molecule has 3 aromatic rings. The zero-order chi connectivity index (χ0) is 19.3. The Hall–Kier alpha value is -2.50. The highest BCUT2D eigenvalue weighted by Crippen LogP contribution is 2.34. The van der Waals surface area contributed by atoms with Crippen molar-refractivity contribution < 1.29 is 14.3 Å². The van der Waals surface area contributed by atoms with Crippen molar-refractivity contribution in [1.82, 2.24) is 5.32 Å². The van der Waals surface area contributed by atoms with Crippen molar-refractivity contribution in [3.8, 4) is 11.5 Å². The van der Waals surface area contributed by atoms with E-state index in [-0.39, 0.29) is 11.9 Å². The highest BCUT2D eigenvalue weighted by atomic mass is 35.5. The van der Waals surface area contributed by atoms with Crippen LogP contribution in [-0.4, -0.2) is 19.1 Å². The van der Waals surface area contributed by atoms with Crippen LogP contribution in [0.2, 0.25) is 4.34 Å². The van der Waals surface area contributed by atoms with E-state index in [4.69, 9.17) is 21.1 Å². The van der Waals surface area contributed by atoms with Crippen LogP contribution in [0.15, 0.2) is 60.7 Å². The summed E-state index contributed by atoms with van der Waals surface area (Å²) in [4.78, 5) is 13.3. The molecule has 28 heavy (non-hydrogen) atoms. The minimum atomic E-state index is -0.149. The molecular weight excluding hydrogens is 394 g/mol. The quantitative estimate of drug-likeness (QED) is 0.598. The number of aryl methyl sites for hydroxylation is 1. The molecule has 4 rings (SSSR count). The first kappa shape index (κ1) is 18.8. The molecule has 0 radical (unpaired) electrons. The zero-order valence-electron chi connectivity index (χ0n) is 15.2. The Morgan fingerprint density at radius 1 is 1.04 bits per heavy atom. The lowest BCUT2D eigenvalue weighted by molar-refractivity contribution is 0.0938. The molecule has 2 heterocycles. The van der Waals surface area contributed by atoms with Gasteiger partial charge in [0.25, 0.3) is 5.91 Å². The molecule has 1 aliphatic rings. The molecular formula is C22H20ClNO3S. The molecule has 1 amide bonds. The lowest BCUT2D eigenvalue weighted by Gasteiger charge is -2.23. The number of thiophene rings is 1. The van der Waals surface area contributed by atoms with Crippen LogP contribution >= 0.6 is 22.9 Å². The molecule has 1 atom stereocenters. The third-order valence-electron chi connectivity index (χ3n) is 4.64. The molecule has 4 nitrogen and oxygen atoms in total. The number of hydrogen-bond acceptors (Lipinski definition) is 4. The summed E-state index contributed by atoms with van der Waals surface area (Å²) in [5.41, 5.74) is 2.23. The Morgan fingerprint density at radius 3 is 2.57 bits per heavy atom. The second kappa shape index (κ2) is 8.67. The van der Waals surface area contributed by atoms with Crippen molar-refractivity contribution in [3.05, 3.63) is 81.0 Å². The van der Waals surface area contributed by atoms with E-state index in [1.807, 2.05) is 36.4 Å². The van der Waals surface area contributed by atoms with Crippen LogP contribution in [0.25, 0.3) is 0 Å². The Labute approximate surface area is 173 Å². The second-order valence-electron chi connectivity index (χ2n) is 6.56. The monoisotopic (exact) mass is 413 g/mol. The number of amides is 1. The van der Waals surface area contributed by atoms with Crippen LogP contribution in [0.1, 0.15) is 33.3 Å². The first-order chi connectivity index (χ1) is 13.7. The van der Waals surface area contributed by atoms with Crippen LogP contribution < -0.4 is 14.8 Å². The molecule has 1 unspecified atom stereocenters. The lowest BCUT2D eigenvalue weighted by Crippen LogP contribution is -2.28. The third-order valence-corrected chi connectivity index (χ3v) is 5.87. The normalized spacial score (nSPS) is 13.8. The summed E-state index contributed by atoms with van der Waals surface area (Å²) in [6.45, 7) is 1.09. The summed E-state index contributed by atoms with van der Waals surface area (Å²) >= 11 is 7.27. The summed E-state index contributed by atoms with van der Waals surface area (Å²) in [6, 6.07) is 19.5. The highest BCUT2D eigenvalue weighted by Gasteiger charge is 2.20. The molecule has 0 bridgehead atoms. The fourth-order valence-electron chi connectivity index (χ4n) is 3.22. The third kappa shape index (κ3) is 4.49. The summed E-state index contributed by atoms with van der Waals surface area (Å²) in [5, 5.41) is 3.16. The number of ether oxygens (including phenoxy) is 2. The van der Waals surface area contributed by atoms with Crippen LogP contribution in [0.3, 0.4) is 0 Å². The molecule has 0 saturated carbocycles. The number of carbonyl (C=O) groups excluding carboxylic acids is 1. The van der Waals surface area contributed by atoms with E-state index >= 15 is 0 Å². The van der Waals surface area contributed by atoms with E-state index in [1.165, 1.54) is 16.9 Å². The van der Waals surface area contributed by atoms with E-state index < -0.39 is 0 Å². The second-order valence-corrected chi connectivity index (χ2v) is 8.27. The van der Waals surface area contributed by atoms with E-state index in [2.05, 4.69) is 17.4 Å². The number of nitrogens with one attached hydrogen (secondary N) is 1. The van der Waals surface area contributed by atoms with Gasteiger partial charge in [-0.2, -0.15) is 0 Å². The average Bonchev–Trinajstić information content (AvgIpc) is 3.18. The van der Waals surface area contributed by atoms with Gasteiger partial charge in [0, 0.05) is 0 Å². The fraction of sp³-hybridized carbons (Fsp3) is 0.227. The van der Waals surface area contributed by atoms with Gasteiger partial charge in [0.15, 0.2) is 11.5 Å². The Morgan fingerprint density at radius 2 is 1.82 bits per heavy atom. The van der Waals surface area contributed by atoms with E-state index in [0.717, 1.165) is 29.9 Å². The lowest BCUT2D eigenvalue weighted by atomic mass is 9.98. The van der Waals surface area contributed by atoms with Gasteiger partial charge in [0.05, 0.1) is 15.3 Å². The SMILES string of the molecule is O=C(NC(CCc1ccccc1)c1ccc2c(c1)OCCO2)c1ccc(Cl)s1. The zero-order valence-corrected chi connectivity index (χ0v) is 16.8. The molecule has 1 aromatic heterocycles. The topological polar surface area (TPSA) is 47.6 Å². The Kier molecular flexibility index (Phi) is 5.84. The standard InChI is InChI=1S/C22H20ClNO3S/c23-21-11-10-20(28-21)22(25)24-17(8-6-15-4-2-1-3-5-15)16-7-9-18-19(14-16)27-13-12-26-18/h1-5,7,9-11,14,17H,6,8,12-13H2,(H,24,25). The van der Waals surface area contributed by atoms with Crippen LogP contribution in [0, 0.1) is 0 Å². The van der Waals surface area contributed by atoms with Gasteiger partial charge in [-0.05, 0) is 48.2 Å². The molecule has 1 aliphatic heterocycles. The maximum atomic E-state index is 12.7. The molecule has 0 spiro atoms. The van der Waals surface area contributed by atoms with Gasteiger partial charge in [-0.3, -0.25) is 4.79 Å². The van der Waals surface area contributed by atoms with Gasteiger partial charge in [-0.1, -0.05) is 48.0 Å². The summed E-state index contributed by atoms with van der Waals surface area (Å²) in [7, 11) is 0. The van der Waals surface area contributed by atoms with Crippen molar-refractivity contribution in [2.45, 2.75) is 18.9 Å². The maximum Gasteiger partial charge on any atom is 0.261 e. The van der Waals surface area contributed by atoms with E-state index in [9.17, 15) is 4.79 Å². The average molecular weight is 414 g/mol. The Balaban J connectivity index is 1.56. The molecule has 1 N–H and O–H groups in total. The van der Waals surface area contributed by atoms with Gasteiger partial charge in [-0.15, -0.1) is 11.3 Å². The van der Waals surface area contributed by atoms with Crippen molar-refractivity contribution in [2.24, 2.45) is 0 Å². The molecule has 0 saturated heterocycles. The summed E-state index contributed by atoms with van der Waals surface area (Å²) in [6.07, 6.45) is 1.62. The predicted molar refractivity (Wildman–Crippen MR) is 112 cm³/mol. The predicted octanol–water partition coefficient (Wildman–Crippen LogP) is 5.28. The first-order valence-corrected chi connectivity index (χ1v) is 10.4. The number of fused-ring (bicyclic) bond motifs is 1. The van der Waals surface area contributed by atoms with Crippen LogP contribution in [-0.2, 0) is 6.42 Å². The number of carbonyl (C=O) groups is 1. The van der Waals surface area contributed by atoms with Crippen molar-refractivity contribution in [1.29, 1.82) is 0 Å². The number of benzene rings is 2. The summed E-state index contributed by atoms with van der Waals surface area (Å²) < 4.78 is 11.9. The van der Waals surface area contributed by atoms with Gasteiger partial charge in [-0.25, -0.2) is 0 Å². The molecule has 144 valence electrons. The number of rotatable bonds is 6. The Bertz CT molecular complexity index is 957. The molecule has 0 fully saturated rings. The van der Waals surface area contributed by atoms with Crippen molar-refractivity contribution in [3.63, 3.8) is 0 Å². The van der Waals surface area contributed by atoms with E-state index in [0.29, 0.717) is 22.4 Å². The van der Waals surface area contributed by atoms with Gasteiger partial charge >= 0.3 is 0 Å². The van der Waals surface area contributed by atoms with Gasteiger partial charge in [0.2, 0.25) is 0 Å². The van der Waals surface area contributed by atoms with Crippen LogP contribution in [0.5, 0.6) is 11.5 Å². The van der Waals surface area contributed by atoms with Gasteiger partial charge < -0.3 is 14.8 Å². The highest BCUT2D eigenvalue weighted by molar-refractivity contribution is 7.18. The van der Waals surface area contributed by atoms with Crippen LogP contribution in [0.4, 0.5) is 0 Å².